The van der Waals surface area contributed by atoms with E-state index in [2.05, 4.69) is 0 Å². The molecule has 0 saturated carbocycles. The first kappa shape index (κ1) is 14.3. The number of benzene rings is 1. The van der Waals surface area contributed by atoms with E-state index < -0.39 is 17.1 Å². The van der Waals surface area contributed by atoms with Crippen LogP contribution in [0.25, 0.3) is 0 Å². The van der Waals surface area contributed by atoms with Crippen molar-refractivity contribution in [2.75, 3.05) is 13.1 Å². The topological polar surface area (TPSA) is 49.8 Å². The average Bonchev–Trinajstić information content (AvgIpc) is 2.61. The predicted molar refractivity (Wildman–Crippen MR) is 75.3 cm³/mol. The Morgan fingerprint density at radius 1 is 1.43 bits per heavy atom. The quantitative estimate of drug-likeness (QED) is 0.800. The Kier molecular flexibility index (Phi) is 3.03. The number of carbonyl (C=O) groups is 1. The van der Waals surface area contributed by atoms with E-state index in [0.29, 0.717) is 30.6 Å². The van der Waals surface area contributed by atoms with Gasteiger partial charge in [-0.05, 0) is 44.4 Å². The number of aliphatic hydroxyl groups is 1. The third kappa shape index (κ3) is 2.29. The molecule has 1 aliphatic heterocycles. The van der Waals surface area contributed by atoms with Crippen molar-refractivity contribution in [2.24, 2.45) is 5.41 Å². The third-order valence-electron chi connectivity index (χ3n) is 4.22. The minimum atomic E-state index is -0.720. The zero-order valence-electron chi connectivity index (χ0n) is 12.5. The van der Waals surface area contributed by atoms with Crippen molar-refractivity contribution in [1.82, 2.24) is 4.90 Å². The van der Waals surface area contributed by atoms with Crippen molar-refractivity contribution in [3.63, 3.8) is 0 Å². The summed E-state index contributed by atoms with van der Waals surface area (Å²) in [4.78, 5) is 13.5. The van der Waals surface area contributed by atoms with Crippen molar-refractivity contribution in [1.29, 1.82) is 0 Å². The zero-order chi connectivity index (χ0) is 15.4. The predicted octanol–water partition coefficient (Wildman–Crippen LogP) is 2.65. The van der Waals surface area contributed by atoms with Gasteiger partial charge in [0.05, 0.1) is 6.10 Å². The fraction of sp³-hybridized carbons (Fsp3) is 0.562. The van der Waals surface area contributed by atoms with Gasteiger partial charge in [0.1, 0.15) is 11.4 Å². The van der Waals surface area contributed by atoms with Crippen molar-refractivity contribution in [3.05, 3.63) is 35.1 Å². The van der Waals surface area contributed by atoms with Crippen molar-refractivity contribution in [3.8, 4) is 0 Å². The SMILES string of the molecule is CC(C)(C)OC(=O)N1CC2(Cc3c(F)cccc3[C@H]2O)C1. The lowest BCUT2D eigenvalue weighted by Gasteiger charge is -2.49. The number of amides is 1. The molecule has 4 nitrogen and oxygen atoms in total. The lowest BCUT2D eigenvalue weighted by atomic mass is 9.75. The molecule has 1 aromatic carbocycles. The minimum absolute atomic E-state index is 0.279. The van der Waals surface area contributed by atoms with Gasteiger partial charge in [0.15, 0.2) is 0 Å². The molecular formula is C16H20FNO3. The van der Waals surface area contributed by atoms with Gasteiger partial charge in [-0.1, -0.05) is 12.1 Å². The molecule has 1 aliphatic carbocycles. The molecule has 5 heteroatoms. The number of hydrogen-bond donors (Lipinski definition) is 1. The average molecular weight is 293 g/mol. The summed E-state index contributed by atoms with van der Waals surface area (Å²) in [5.74, 6) is -0.279. The number of hydrogen-bond acceptors (Lipinski definition) is 3. The minimum Gasteiger partial charge on any atom is -0.444 e. The molecule has 0 aromatic heterocycles. The highest BCUT2D eigenvalue weighted by Crippen LogP contribution is 2.52. The Labute approximate surface area is 123 Å². The van der Waals surface area contributed by atoms with Crippen molar-refractivity contribution in [2.45, 2.75) is 38.9 Å². The maximum atomic E-state index is 13.8. The summed E-state index contributed by atoms with van der Waals surface area (Å²) in [5.41, 5.74) is 0.234. The third-order valence-corrected chi connectivity index (χ3v) is 4.22. The van der Waals surface area contributed by atoms with Gasteiger partial charge in [-0.2, -0.15) is 0 Å². The van der Waals surface area contributed by atoms with Gasteiger partial charge in [-0.25, -0.2) is 9.18 Å². The molecule has 21 heavy (non-hydrogen) atoms. The fourth-order valence-electron chi connectivity index (χ4n) is 3.25. The van der Waals surface area contributed by atoms with E-state index in [1.807, 2.05) is 20.8 Å². The highest BCUT2D eigenvalue weighted by molar-refractivity contribution is 5.70. The molecule has 1 saturated heterocycles. The standard InChI is InChI=1S/C16H20FNO3/c1-15(2,3)21-14(20)18-8-16(9-18)7-11-10(13(16)19)5-4-6-12(11)17/h4-6,13,19H,7-9H2,1-3H3/t13-/m1/s1. The first-order chi connectivity index (χ1) is 9.72. The number of nitrogens with zero attached hydrogens (tertiary/aromatic N) is 1. The maximum absolute atomic E-state index is 13.8. The molecule has 1 amide bonds. The van der Waals surface area contributed by atoms with Crippen LogP contribution in [-0.4, -0.2) is 34.8 Å². The molecular weight excluding hydrogens is 273 g/mol. The Balaban J connectivity index is 1.72. The Morgan fingerprint density at radius 2 is 2.10 bits per heavy atom. The van der Waals surface area contributed by atoms with Crippen molar-refractivity contribution >= 4 is 6.09 Å². The van der Waals surface area contributed by atoms with Crippen LogP contribution in [0.1, 0.15) is 38.0 Å². The van der Waals surface area contributed by atoms with Crippen LogP contribution in [0.5, 0.6) is 0 Å². The molecule has 1 aromatic rings. The molecule has 3 rings (SSSR count). The van der Waals surface area contributed by atoms with Crippen LogP contribution in [0.2, 0.25) is 0 Å². The van der Waals surface area contributed by atoms with Gasteiger partial charge < -0.3 is 14.7 Å². The molecule has 1 spiro atoms. The Morgan fingerprint density at radius 3 is 2.67 bits per heavy atom. The van der Waals surface area contributed by atoms with E-state index >= 15 is 0 Å². The molecule has 1 N–H and O–H groups in total. The van der Waals surface area contributed by atoms with E-state index in [1.54, 1.807) is 17.0 Å². The molecule has 1 atom stereocenters. The van der Waals surface area contributed by atoms with E-state index in [0.717, 1.165) is 0 Å². The monoisotopic (exact) mass is 293 g/mol. The summed E-state index contributed by atoms with van der Waals surface area (Å²) in [6.07, 6.45) is -0.631. The van der Waals surface area contributed by atoms with E-state index in [9.17, 15) is 14.3 Å². The number of ether oxygens (including phenoxy) is 1. The fourth-order valence-corrected chi connectivity index (χ4v) is 3.25. The number of carbonyl (C=O) groups excluding carboxylic acids is 1. The number of halogens is 1. The summed E-state index contributed by atoms with van der Waals surface area (Å²) in [6, 6.07) is 4.78. The van der Waals surface area contributed by atoms with E-state index in [4.69, 9.17) is 4.74 Å². The number of likely N-dealkylation sites (tertiary alicyclic amines) is 1. The van der Waals surface area contributed by atoms with Gasteiger partial charge in [-0.15, -0.1) is 0 Å². The molecule has 0 bridgehead atoms. The summed E-state index contributed by atoms with van der Waals surface area (Å²) in [6.45, 7) is 6.25. The van der Waals surface area contributed by atoms with Gasteiger partial charge in [0, 0.05) is 18.5 Å². The lowest BCUT2D eigenvalue weighted by Crippen LogP contribution is -2.61. The van der Waals surface area contributed by atoms with Crippen molar-refractivity contribution < 1.29 is 19.0 Å². The van der Waals surface area contributed by atoms with Gasteiger partial charge in [0.25, 0.3) is 0 Å². The first-order valence-electron chi connectivity index (χ1n) is 7.15. The van der Waals surface area contributed by atoms with Crippen LogP contribution >= 0.6 is 0 Å². The van der Waals surface area contributed by atoms with E-state index in [-0.39, 0.29) is 11.9 Å². The second-order valence-electron chi connectivity index (χ2n) is 7.09. The smallest absolute Gasteiger partial charge is 0.410 e. The van der Waals surface area contributed by atoms with E-state index in [1.165, 1.54) is 6.07 Å². The summed E-state index contributed by atoms with van der Waals surface area (Å²) >= 11 is 0. The van der Waals surface area contributed by atoms with Crippen LogP contribution in [-0.2, 0) is 11.2 Å². The molecule has 1 fully saturated rings. The maximum Gasteiger partial charge on any atom is 0.410 e. The Hall–Kier alpha value is -1.62. The number of rotatable bonds is 0. The summed E-state index contributed by atoms with van der Waals surface area (Å²) in [5, 5.41) is 10.5. The highest BCUT2D eigenvalue weighted by Gasteiger charge is 2.55. The first-order valence-corrected chi connectivity index (χ1v) is 7.15. The van der Waals surface area contributed by atoms with Crippen LogP contribution < -0.4 is 0 Å². The molecule has 0 radical (unpaired) electrons. The number of aliphatic hydroxyl groups excluding tert-OH is 1. The van der Waals surface area contributed by atoms with Gasteiger partial charge in [0.2, 0.25) is 0 Å². The largest absolute Gasteiger partial charge is 0.444 e. The van der Waals surface area contributed by atoms with Crippen LogP contribution in [0.4, 0.5) is 9.18 Å². The van der Waals surface area contributed by atoms with Crippen LogP contribution in [0, 0.1) is 11.2 Å². The molecule has 0 unspecified atom stereocenters. The second kappa shape index (κ2) is 4.44. The Bertz CT molecular complexity index is 588. The molecule has 1 heterocycles. The van der Waals surface area contributed by atoms with Gasteiger partial charge in [-0.3, -0.25) is 0 Å². The summed E-state index contributed by atoms with van der Waals surface area (Å²) < 4.78 is 19.1. The number of fused-ring (bicyclic) bond motifs is 1. The highest BCUT2D eigenvalue weighted by atomic mass is 19.1. The lowest BCUT2D eigenvalue weighted by molar-refractivity contribution is -0.0860. The summed E-state index contributed by atoms with van der Waals surface area (Å²) in [7, 11) is 0. The second-order valence-corrected chi connectivity index (χ2v) is 7.09. The molecule has 2 aliphatic rings. The normalized spacial score (nSPS) is 22.9. The zero-order valence-corrected chi connectivity index (χ0v) is 12.5. The van der Waals surface area contributed by atoms with Crippen LogP contribution in [0.3, 0.4) is 0 Å². The molecule has 114 valence electrons. The van der Waals surface area contributed by atoms with Crippen LogP contribution in [0.15, 0.2) is 18.2 Å². The van der Waals surface area contributed by atoms with Gasteiger partial charge >= 0.3 is 6.09 Å².